The van der Waals surface area contributed by atoms with Gasteiger partial charge in [-0.1, -0.05) is 103 Å². The summed E-state index contributed by atoms with van der Waals surface area (Å²) in [7, 11) is 0. The van der Waals surface area contributed by atoms with Crippen LogP contribution in [0.15, 0.2) is 128 Å². The highest BCUT2D eigenvalue weighted by Crippen LogP contribution is 2.16. The van der Waals surface area contributed by atoms with Crippen LogP contribution < -0.4 is 20.7 Å². The Morgan fingerprint density at radius 2 is 1.23 bits per heavy atom. The number of rotatable bonds is 19. The number of alkyl carbamates (subject to hydrolysis) is 1. The molecule has 0 aliphatic carbocycles. The molecule has 4 N–H and O–H groups in total. The van der Waals surface area contributed by atoms with E-state index in [0.29, 0.717) is 23.6 Å². The summed E-state index contributed by atoms with van der Waals surface area (Å²) in [6.45, 7) is 0.480. The van der Waals surface area contributed by atoms with Crippen molar-refractivity contribution in [1.82, 2.24) is 25.9 Å². The normalized spacial score (nSPS) is 12.5. The second-order valence-corrected chi connectivity index (χ2v) is 11.9. The highest BCUT2D eigenvalue weighted by atomic mass is 16.5. The number of amides is 3. The van der Waals surface area contributed by atoms with Gasteiger partial charge in [-0.3, -0.25) is 14.4 Å². The van der Waals surface area contributed by atoms with E-state index in [1.165, 1.54) is 6.33 Å². The van der Waals surface area contributed by atoms with E-state index in [1.807, 2.05) is 97.3 Å². The maximum atomic E-state index is 13.8. The number of aromatic nitrogens is 2. The Hall–Kier alpha value is -6.27. The Kier molecular flexibility index (Phi) is 14.1. The smallest absolute Gasteiger partial charge is 0.408 e. The standard InChI is InChI=1S/C40H40N5O7/c46-23-34(27-50-24-30-10-4-1-5-11-30)43-38(47)36(20-29-16-18-35(19-17-29)51-25-31-12-6-2-7-13-31)44-39(48)37(21-33-22-41-28-42-33)45-40(49)52-26-32-14-8-3-9-15-32/h1-19,22,28,34,36-37H,20-21,24-27H2,(H,41,42)(H,43,47)(H,44,48)(H,45,49)/t34-,36+,37+/m1/s1. The summed E-state index contributed by atoms with van der Waals surface area (Å²) in [4.78, 5) is 59.3. The van der Waals surface area contributed by atoms with Gasteiger partial charge < -0.3 is 35.1 Å². The minimum Gasteiger partial charge on any atom is -0.489 e. The Morgan fingerprint density at radius 1 is 0.654 bits per heavy atom. The minimum atomic E-state index is -1.16. The molecule has 52 heavy (non-hydrogen) atoms. The molecule has 0 unspecified atom stereocenters. The Bertz CT molecular complexity index is 1820. The van der Waals surface area contributed by atoms with Crippen LogP contribution in [0.2, 0.25) is 0 Å². The molecular formula is C40H40N5O7. The highest BCUT2D eigenvalue weighted by molar-refractivity contribution is 5.92. The summed E-state index contributed by atoms with van der Waals surface area (Å²) in [6, 6.07) is 32.0. The SMILES string of the molecule is O=[C][C@H](COCc1ccccc1)NC(=O)[C@H](Cc1ccc(OCc2ccccc2)cc1)NC(=O)[C@H](Cc1c[nH]cn1)NC(=O)OCc1ccccc1. The maximum Gasteiger partial charge on any atom is 0.408 e. The lowest BCUT2D eigenvalue weighted by atomic mass is 10.0. The second-order valence-electron chi connectivity index (χ2n) is 11.9. The highest BCUT2D eigenvalue weighted by Gasteiger charge is 2.29. The van der Waals surface area contributed by atoms with Crippen LogP contribution in [0.5, 0.6) is 5.75 Å². The van der Waals surface area contributed by atoms with Crippen molar-refractivity contribution in [3.8, 4) is 5.75 Å². The van der Waals surface area contributed by atoms with E-state index >= 15 is 0 Å². The molecule has 12 heteroatoms. The van der Waals surface area contributed by atoms with E-state index in [4.69, 9.17) is 14.2 Å². The predicted octanol–water partition coefficient (Wildman–Crippen LogP) is 4.37. The van der Waals surface area contributed by atoms with Gasteiger partial charge in [0.25, 0.3) is 0 Å². The van der Waals surface area contributed by atoms with Crippen molar-refractivity contribution in [2.45, 2.75) is 50.8 Å². The van der Waals surface area contributed by atoms with Gasteiger partial charge in [-0.25, -0.2) is 9.78 Å². The number of carbonyl (C=O) groups is 3. The zero-order valence-corrected chi connectivity index (χ0v) is 28.4. The van der Waals surface area contributed by atoms with Crippen LogP contribution in [0.3, 0.4) is 0 Å². The van der Waals surface area contributed by atoms with Crippen molar-refractivity contribution in [3.05, 3.63) is 156 Å². The third-order valence-corrected chi connectivity index (χ3v) is 7.89. The molecule has 0 aliphatic heterocycles. The average molecular weight is 703 g/mol. The van der Waals surface area contributed by atoms with Crippen molar-refractivity contribution >= 4 is 24.2 Å². The Morgan fingerprint density at radius 3 is 1.83 bits per heavy atom. The summed E-state index contributed by atoms with van der Waals surface area (Å²) >= 11 is 0. The lowest BCUT2D eigenvalue weighted by Gasteiger charge is -2.24. The molecule has 267 valence electrons. The van der Waals surface area contributed by atoms with E-state index in [-0.39, 0.29) is 32.7 Å². The number of nitrogens with one attached hydrogen (secondary N) is 4. The first-order chi connectivity index (χ1) is 25.4. The van der Waals surface area contributed by atoms with Gasteiger partial charge in [0, 0.05) is 19.0 Å². The molecule has 3 amide bonds. The monoisotopic (exact) mass is 702 g/mol. The minimum absolute atomic E-state index is 0.00453. The number of benzene rings is 4. The van der Waals surface area contributed by atoms with E-state index in [9.17, 15) is 19.2 Å². The molecule has 12 nitrogen and oxygen atoms in total. The number of hydrogen-bond donors (Lipinski definition) is 4. The first-order valence-corrected chi connectivity index (χ1v) is 16.8. The first kappa shape index (κ1) is 37.0. The van der Waals surface area contributed by atoms with Crippen LogP contribution in [-0.2, 0) is 56.5 Å². The molecule has 3 atom stereocenters. The van der Waals surface area contributed by atoms with Crippen molar-refractivity contribution in [2.24, 2.45) is 0 Å². The Labute approximate surface area is 301 Å². The number of H-pyrrole nitrogens is 1. The van der Waals surface area contributed by atoms with Crippen LogP contribution in [-0.4, -0.2) is 58.9 Å². The summed E-state index contributed by atoms with van der Waals surface area (Å²) in [5.74, 6) is -0.671. The van der Waals surface area contributed by atoms with E-state index in [2.05, 4.69) is 25.9 Å². The molecule has 5 aromatic rings. The fourth-order valence-corrected chi connectivity index (χ4v) is 5.15. The molecule has 1 heterocycles. The van der Waals surface area contributed by atoms with Crippen LogP contribution in [0.4, 0.5) is 4.79 Å². The summed E-state index contributed by atoms with van der Waals surface area (Å²) in [5.41, 5.74) is 3.90. The number of aromatic amines is 1. The van der Waals surface area contributed by atoms with Gasteiger partial charge in [0.2, 0.25) is 18.1 Å². The third-order valence-electron chi connectivity index (χ3n) is 7.89. The summed E-state index contributed by atoms with van der Waals surface area (Å²) in [6.07, 6.45) is 4.11. The van der Waals surface area contributed by atoms with Crippen molar-refractivity contribution in [1.29, 1.82) is 0 Å². The van der Waals surface area contributed by atoms with Gasteiger partial charge in [0.05, 0.1) is 25.2 Å². The van der Waals surface area contributed by atoms with E-state index in [1.54, 1.807) is 30.5 Å². The van der Waals surface area contributed by atoms with Crippen LogP contribution >= 0.6 is 0 Å². The van der Waals surface area contributed by atoms with E-state index < -0.39 is 36.0 Å². The number of nitrogens with zero attached hydrogens (tertiary/aromatic N) is 1. The molecule has 0 saturated carbocycles. The zero-order chi connectivity index (χ0) is 36.4. The molecule has 0 bridgehead atoms. The van der Waals surface area contributed by atoms with Crippen molar-refractivity contribution in [2.75, 3.05) is 6.61 Å². The molecule has 0 saturated heterocycles. The molecule has 1 aromatic heterocycles. The molecule has 4 aromatic carbocycles. The number of carbonyl (C=O) groups excluding carboxylic acids is 4. The largest absolute Gasteiger partial charge is 0.489 e. The van der Waals surface area contributed by atoms with Gasteiger partial charge in [-0.05, 0) is 34.4 Å². The summed E-state index contributed by atoms with van der Waals surface area (Å²) < 4.78 is 16.9. The average Bonchev–Trinajstić information content (AvgIpc) is 3.70. The second kappa shape index (κ2) is 19.8. The maximum absolute atomic E-state index is 13.8. The molecule has 1 radical (unpaired) electrons. The van der Waals surface area contributed by atoms with Crippen LogP contribution in [0.1, 0.15) is 27.9 Å². The van der Waals surface area contributed by atoms with Crippen LogP contribution in [0.25, 0.3) is 0 Å². The topological polar surface area (TPSA) is 161 Å². The lowest BCUT2D eigenvalue weighted by Crippen LogP contribution is -2.56. The van der Waals surface area contributed by atoms with Crippen LogP contribution in [0, 0.1) is 0 Å². The van der Waals surface area contributed by atoms with Gasteiger partial charge in [0.1, 0.15) is 37.1 Å². The van der Waals surface area contributed by atoms with Gasteiger partial charge in [-0.15, -0.1) is 0 Å². The Balaban J connectivity index is 1.27. The van der Waals surface area contributed by atoms with Gasteiger partial charge in [-0.2, -0.15) is 0 Å². The number of ether oxygens (including phenoxy) is 3. The molecule has 5 rings (SSSR count). The fraction of sp³-hybridized carbons (Fsp3) is 0.225. The number of hydrogen-bond acceptors (Lipinski definition) is 8. The van der Waals surface area contributed by atoms with E-state index in [0.717, 1.165) is 16.7 Å². The zero-order valence-electron chi connectivity index (χ0n) is 28.4. The van der Waals surface area contributed by atoms with Crippen molar-refractivity contribution in [3.63, 3.8) is 0 Å². The first-order valence-electron chi connectivity index (χ1n) is 16.8. The lowest BCUT2D eigenvalue weighted by molar-refractivity contribution is -0.130. The predicted molar refractivity (Wildman–Crippen MR) is 192 cm³/mol. The molecule has 0 fully saturated rings. The van der Waals surface area contributed by atoms with Crippen molar-refractivity contribution < 1.29 is 33.4 Å². The molecule has 0 aliphatic rings. The summed E-state index contributed by atoms with van der Waals surface area (Å²) in [5, 5.41) is 8.01. The quantitative estimate of drug-likeness (QED) is 0.0988. The van der Waals surface area contributed by atoms with Gasteiger partial charge in [0.15, 0.2) is 0 Å². The molecule has 0 spiro atoms. The number of imidazole rings is 1. The van der Waals surface area contributed by atoms with Gasteiger partial charge >= 0.3 is 6.09 Å². The molecular weight excluding hydrogens is 662 g/mol. The fourth-order valence-electron chi connectivity index (χ4n) is 5.15. The third kappa shape index (κ3) is 12.3.